The van der Waals surface area contributed by atoms with Crippen LogP contribution in [0.5, 0.6) is 5.75 Å². The largest absolute Gasteiger partial charge is 0.573 e. The second-order valence-electron chi connectivity index (χ2n) is 8.67. The number of hydrogen-bond acceptors (Lipinski definition) is 8. The summed E-state index contributed by atoms with van der Waals surface area (Å²) in [7, 11) is 3.64. The van der Waals surface area contributed by atoms with Crippen molar-refractivity contribution in [3.63, 3.8) is 0 Å². The van der Waals surface area contributed by atoms with Gasteiger partial charge in [-0.3, -0.25) is 9.48 Å². The van der Waals surface area contributed by atoms with Crippen molar-refractivity contribution in [2.45, 2.75) is 13.3 Å². The Morgan fingerprint density at radius 1 is 1.22 bits per heavy atom. The van der Waals surface area contributed by atoms with E-state index in [4.69, 9.17) is 5.73 Å². The molecule has 1 saturated heterocycles. The van der Waals surface area contributed by atoms with Gasteiger partial charge in [-0.25, -0.2) is 9.97 Å². The summed E-state index contributed by atoms with van der Waals surface area (Å²) in [5, 5.41) is 7.05. The maximum atomic E-state index is 13.1. The Bertz CT molecular complexity index is 1330. The molecule has 0 aliphatic carbocycles. The van der Waals surface area contributed by atoms with E-state index in [1.54, 1.807) is 26.1 Å². The van der Waals surface area contributed by atoms with Gasteiger partial charge in [-0.2, -0.15) is 5.10 Å². The summed E-state index contributed by atoms with van der Waals surface area (Å²) in [6.07, 6.45) is -1.92. The SMILES string of the molecule is C=Cc1c(C(N)=O)nn(C)c1-c1nc(Nc2cc(N3CCN(C)CC3)ccc2OC(F)(F)F)ncc1C. The monoisotopic (exact) mass is 516 g/mol. The van der Waals surface area contributed by atoms with Gasteiger partial charge in [0.05, 0.1) is 17.1 Å². The molecule has 3 N–H and O–H groups in total. The number of anilines is 3. The molecule has 3 aromatic rings. The summed E-state index contributed by atoms with van der Waals surface area (Å²) >= 11 is 0. The van der Waals surface area contributed by atoms with Gasteiger partial charge in [0, 0.05) is 50.7 Å². The quantitative estimate of drug-likeness (QED) is 0.492. The third kappa shape index (κ3) is 5.66. The predicted octanol–water partition coefficient (Wildman–Crippen LogP) is 3.32. The van der Waals surface area contributed by atoms with Gasteiger partial charge in [-0.1, -0.05) is 12.7 Å². The lowest BCUT2D eigenvalue weighted by Crippen LogP contribution is -2.44. The predicted molar refractivity (Wildman–Crippen MR) is 134 cm³/mol. The molecule has 1 aromatic carbocycles. The van der Waals surface area contributed by atoms with Gasteiger partial charge in [0.1, 0.15) is 0 Å². The number of aryl methyl sites for hydroxylation is 2. The first-order valence-electron chi connectivity index (χ1n) is 11.4. The van der Waals surface area contributed by atoms with Crippen molar-refractivity contribution in [2.24, 2.45) is 12.8 Å². The maximum Gasteiger partial charge on any atom is 0.573 e. The first kappa shape index (κ1) is 25.9. The van der Waals surface area contributed by atoms with Crippen LogP contribution >= 0.6 is 0 Å². The molecule has 0 bridgehead atoms. The van der Waals surface area contributed by atoms with Crippen LogP contribution < -0.4 is 20.7 Å². The molecule has 13 heteroatoms. The Labute approximate surface area is 211 Å². The molecule has 0 radical (unpaired) electrons. The van der Waals surface area contributed by atoms with E-state index in [1.807, 2.05) is 7.05 Å². The minimum Gasteiger partial charge on any atom is -0.404 e. The highest BCUT2D eigenvalue weighted by atomic mass is 19.4. The minimum atomic E-state index is -4.89. The van der Waals surface area contributed by atoms with Crippen LogP contribution in [0.4, 0.5) is 30.5 Å². The Balaban J connectivity index is 1.74. The number of aromatic nitrogens is 4. The molecule has 4 rings (SSSR count). The number of likely N-dealkylation sites (N-methyl/N-ethyl adjacent to an activating group) is 1. The van der Waals surface area contributed by atoms with E-state index in [0.29, 0.717) is 22.5 Å². The molecule has 0 unspecified atom stereocenters. The van der Waals surface area contributed by atoms with Crippen LogP contribution in [-0.4, -0.2) is 70.1 Å². The first-order chi connectivity index (χ1) is 17.5. The molecule has 0 spiro atoms. The fourth-order valence-electron chi connectivity index (χ4n) is 4.15. The smallest absolute Gasteiger partial charge is 0.404 e. The number of ether oxygens (including phenoxy) is 1. The van der Waals surface area contributed by atoms with Crippen LogP contribution in [0.1, 0.15) is 21.6 Å². The number of alkyl halides is 3. The van der Waals surface area contributed by atoms with Crippen molar-refractivity contribution in [3.8, 4) is 17.1 Å². The zero-order valence-electron chi connectivity index (χ0n) is 20.6. The van der Waals surface area contributed by atoms with Gasteiger partial charge in [0.25, 0.3) is 5.91 Å². The van der Waals surface area contributed by atoms with Crippen molar-refractivity contribution in [3.05, 3.63) is 47.8 Å². The van der Waals surface area contributed by atoms with Crippen molar-refractivity contribution in [1.82, 2.24) is 24.6 Å². The van der Waals surface area contributed by atoms with Crippen LogP contribution in [0.25, 0.3) is 17.5 Å². The lowest BCUT2D eigenvalue weighted by molar-refractivity contribution is -0.274. The number of carbonyl (C=O) groups is 1. The van der Waals surface area contributed by atoms with Gasteiger partial charge in [0.15, 0.2) is 11.4 Å². The molecular weight excluding hydrogens is 489 g/mol. The lowest BCUT2D eigenvalue weighted by atomic mass is 10.1. The Morgan fingerprint density at radius 3 is 2.54 bits per heavy atom. The van der Waals surface area contributed by atoms with Crippen LogP contribution in [0.15, 0.2) is 31.0 Å². The van der Waals surface area contributed by atoms with E-state index in [1.165, 1.54) is 23.0 Å². The fourth-order valence-corrected chi connectivity index (χ4v) is 4.15. The number of rotatable bonds is 7. The number of piperazine rings is 1. The summed E-state index contributed by atoms with van der Waals surface area (Å²) in [6.45, 7) is 8.63. The highest BCUT2D eigenvalue weighted by molar-refractivity contribution is 5.97. The molecular formula is C24H27F3N8O2. The van der Waals surface area contributed by atoms with Gasteiger partial charge in [-0.05, 0) is 37.7 Å². The number of nitrogens with zero attached hydrogens (tertiary/aromatic N) is 6. The molecule has 0 saturated carbocycles. The summed E-state index contributed by atoms with van der Waals surface area (Å²) in [5.74, 6) is -1.11. The average molecular weight is 517 g/mol. The molecule has 1 aliphatic heterocycles. The topological polar surface area (TPSA) is 114 Å². The molecule has 1 fully saturated rings. The summed E-state index contributed by atoms with van der Waals surface area (Å²) in [4.78, 5) is 24.9. The van der Waals surface area contributed by atoms with Crippen LogP contribution in [0.2, 0.25) is 0 Å². The van der Waals surface area contributed by atoms with Crippen molar-refractivity contribution >= 4 is 29.3 Å². The number of benzene rings is 1. The molecule has 10 nitrogen and oxygen atoms in total. The van der Waals surface area contributed by atoms with E-state index < -0.39 is 18.0 Å². The van der Waals surface area contributed by atoms with E-state index in [-0.39, 0.29) is 17.3 Å². The van der Waals surface area contributed by atoms with Gasteiger partial charge in [0.2, 0.25) is 5.95 Å². The molecule has 37 heavy (non-hydrogen) atoms. The van der Waals surface area contributed by atoms with Crippen LogP contribution in [-0.2, 0) is 7.05 Å². The zero-order chi connectivity index (χ0) is 26.9. The van der Waals surface area contributed by atoms with E-state index >= 15 is 0 Å². The van der Waals surface area contributed by atoms with Crippen molar-refractivity contribution < 1.29 is 22.7 Å². The third-order valence-corrected chi connectivity index (χ3v) is 6.02. The fraction of sp³-hybridized carbons (Fsp3) is 0.333. The highest BCUT2D eigenvalue weighted by Crippen LogP contribution is 2.36. The molecule has 196 valence electrons. The lowest BCUT2D eigenvalue weighted by Gasteiger charge is -2.34. The Hall–Kier alpha value is -4.13. The molecule has 2 aromatic heterocycles. The Kier molecular flexibility index (Phi) is 7.07. The van der Waals surface area contributed by atoms with Crippen molar-refractivity contribution in [1.29, 1.82) is 0 Å². The van der Waals surface area contributed by atoms with Crippen LogP contribution in [0, 0.1) is 6.92 Å². The van der Waals surface area contributed by atoms with Gasteiger partial charge < -0.3 is 25.6 Å². The summed E-state index contributed by atoms with van der Waals surface area (Å²) in [6, 6.07) is 4.45. The van der Waals surface area contributed by atoms with Crippen LogP contribution in [0.3, 0.4) is 0 Å². The van der Waals surface area contributed by atoms with Gasteiger partial charge in [-0.15, -0.1) is 13.2 Å². The third-order valence-electron chi connectivity index (χ3n) is 6.02. The maximum absolute atomic E-state index is 13.1. The second-order valence-corrected chi connectivity index (χ2v) is 8.67. The second kappa shape index (κ2) is 10.1. The first-order valence-corrected chi connectivity index (χ1v) is 11.4. The van der Waals surface area contributed by atoms with E-state index in [9.17, 15) is 18.0 Å². The minimum absolute atomic E-state index is 0.0278. The van der Waals surface area contributed by atoms with E-state index in [0.717, 1.165) is 31.9 Å². The number of amides is 1. The molecule has 1 aliphatic rings. The van der Waals surface area contributed by atoms with Gasteiger partial charge >= 0.3 is 6.36 Å². The summed E-state index contributed by atoms with van der Waals surface area (Å²) < 4.78 is 45.1. The van der Waals surface area contributed by atoms with E-state index in [2.05, 4.69) is 41.5 Å². The Morgan fingerprint density at radius 2 is 1.92 bits per heavy atom. The number of hydrogen-bond donors (Lipinski definition) is 2. The zero-order valence-corrected chi connectivity index (χ0v) is 20.6. The number of nitrogens with two attached hydrogens (primary N) is 1. The highest BCUT2D eigenvalue weighted by Gasteiger charge is 2.32. The number of primary amides is 1. The normalized spacial score (nSPS) is 14.5. The molecule has 1 amide bonds. The molecule has 0 atom stereocenters. The summed E-state index contributed by atoms with van der Waals surface area (Å²) in [5.41, 5.74) is 8.17. The number of carbonyl (C=O) groups excluding carboxylic acids is 1. The van der Waals surface area contributed by atoms with Crippen molar-refractivity contribution in [2.75, 3.05) is 43.4 Å². The average Bonchev–Trinajstić information content (AvgIpc) is 3.17. The number of halogens is 3. The standard InChI is InChI=1S/C24H27F3N8O2/c1-5-16-20(22(28)36)32-34(4)21(16)19-14(2)13-29-23(31-19)30-17-12-15(35-10-8-33(3)9-11-35)6-7-18(17)37-24(25,26)27/h5-7,12-13H,1,8-11H2,2-4H3,(H2,28,36)(H,29,30,31). The number of nitrogens with one attached hydrogen (secondary N) is 1. The molecule has 3 heterocycles.